The number of hydrogen-bond donors (Lipinski definition) is 1. The molecule has 1 aliphatic rings. The topological polar surface area (TPSA) is 62.3 Å². The minimum Gasteiger partial charge on any atom is -0.339 e. The molecule has 0 saturated carbocycles. The molecule has 118 valence electrons. The van der Waals surface area contributed by atoms with E-state index in [4.69, 9.17) is 11.6 Å². The minimum absolute atomic E-state index is 0.0540. The molecule has 6 heteroatoms. The van der Waals surface area contributed by atoms with Crippen LogP contribution < -0.4 is 5.32 Å². The van der Waals surface area contributed by atoms with Gasteiger partial charge in [0.25, 0.3) is 11.8 Å². The Morgan fingerprint density at radius 1 is 1.13 bits per heavy atom. The van der Waals surface area contributed by atoms with Crippen molar-refractivity contribution in [3.63, 3.8) is 0 Å². The maximum atomic E-state index is 12.4. The van der Waals surface area contributed by atoms with Crippen LogP contribution >= 0.6 is 11.6 Å². The monoisotopic (exact) mass is 329 g/mol. The van der Waals surface area contributed by atoms with Gasteiger partial charge in [-0.1, -0.05) is 17.7 Å². The van der Waals surface area contributed by atoms with E-state index in [1.54, 1.807) is 35.2 Å². The van der Waals surface area contributed by atoms with E-state index >= 15 is 0 Å². The number of aromatic nitrogens is 1. The van der Waals surface area contributed by atoms with Crippen LogP contribution in [0.1, 0.15) is 33.7 Å². The average molecular weight is 330 g/mol. The molecule has 0 aliphatic carbocycles. The molecule has 23 heavy (non-hydrogen) atoms. The lowest BCUT2D eigenvalue weighted by Gasteiger charge is -2.15. The number of anilines is 1. The average Bonchev–Trinajstić information content (AvgIpc) is 3.09. The van der Waals surface area contributed by atoms with Crippen LogP contribution in [-0.4, -0.2) is 34.8 Å². The highest BCUT2D eigenvalue weighted by molar-refractivity contribution is 6.30. The molecule has 1 aromatic heterocycles. The first-order valence-corrected chi connectivity index (χ1v) is 7.83. The normalized spacial score (nSPS) is 13.9. The number of benzene rings is 1. The molecule has 1 aromatic carbocycles. The highest BCUT2D eigenvalue weighted by Crippen LogP contribution is 2.17. The summed E-state index contributed by atoms with van der Waals surface area (Å²) in [6.07, 6.45) is 3.54. The molecule has 0 radical (unpaired) electrons. The number of nitrogens with one attached hydrogen (secondary N) is 1. The molecule has 2 amide bonds. The Bertz CT molecular complexity index is 742. The van der Waals surface area contributed by atoms with Crippen LogP contribution in [-0.2, 0) is 0 Å². The molecule has 3 rings (SSSR count). The Morgan fingerprint density at radius 2 is 1.91 bits per heavy atom. The maximum Gasteiger partial charge on any atom is 0.274 e. The van der Waals surface area contributed by atoms with Gasteiger partial charge in [-0.2, -0.15) is 0 Å². The van der Waals surface area contributed by atoms with Crippen molar-refractivity contribution in [1.82, 2.24) is 9.88 Å². The van der Waals surface area contributed by atoms with Crippen molar-refractivity contribution in [3.05, 3.63) is 58.9 Å². The fourth-order valence-corrected chi connectivity index (χ4v) is 2.74. The third-order valence-corrected chi connectivity index (χ3v) is 3.95. The summed E-state index contributed by atoms with van der Waals surface area (Å²) in [4.78, 5) is 30.5. The Hall–Kier alpha value is -2.40. The number of likely N-dealkylation sites (tertiary alicyclic amines) is 1. The summed E-state index contributed by atoms with van der Waals surface area (Å²) in [6.45, 7) is 1.54. The number of carbonyl (C=O) groups is 2. The quantitative estimate of drug-likeness (QED) is 0.940. The second-order valence-electron chi connectivity index (χ2n) is 5.39. The Balaban J connectivity index is 1.76. The summed E-state index contributed by atoms with van der Waals surface area (Å²) in [5.41, 5.74) is 1.27. The van der Waals surface area contributed by atoms with Crippen LogP contribution in [0.4, 0.5) is 5.69 Å². The van der Waals surface area contributed by atoms with E-state index in [0.717, 1.165) is 25.9 Å². The van der Waals surface area contributed by atoms with Crippen molar-refractivity contribution in [1.29, 1.82) is 0 Å². The fraction of sp³-hybridized carbons (Fsp3) is 0.235. The van der Waals surface area contributed by atoms with Crippen LogP contribution in [0.2, 0.25) is 5.02 Å². The first-order valence-electron chi connectivity index (χ1n) is 7.46. The SMILES string of the molecule is O=C(Nc1cccc(Cl)c1)c1cc(C(=O)N2CCCC2)ccn1. The first-order chi connectivity index (χ1) is 11.1. The second kappa shape index (κ2) is 6.79. The largest absolute Gasteiger partial charge is 0.339 e. The van der Waals surface area contributed by atoms with Crippen molar-refractivity contribution in [3.8, 4) is 0 Å². The second-order valence-corrected chi connectivity index (χ2v) is 5.83. The number of pyridine rings is 1. The van der Waals surface area contributed by atoms with Gasteiger partial charge in [0.2, 0.25) is 0 Å². The minimum atomic E-state index is -0.372. The Labute approximate surface area is 139 Å². The van der Waals surface area contributed by atoms with Crippen LogP contribution in [0, 0.1) is 0 Å². The molecular formula is C17H16ClN3O2. The van der Waals surface area contributed by atoms with Crippen molar-refractivity contribution in [2.45, 2.75) is 12.8 Å². The lowest BCUT2D eigenvalue weighted by molar-refractivity contribution is 0.0792. The molecule has 5 nitrogen and oxygen atoms in total. The summed E-state index contributed by atoms with van der Waals surface area (Å²) in [7, 11) is 0. The van der Waals surface area contributed by atoms with E-state index in [-0.39, 0.29) is 17.5 Å². The Morgan fingerprint density at radius 3 is 2.65 bits per heavy atom. The first kappa shape index (κ1) is 15.5. The van der Waals surface area contributed by atoms with Crippen molar-refractivity contribution >= 4 is 29.1 Å². The number of halogens is 1. The van der Waals surface area contributed by atoms with Crippen molar-refractivity contribution in [2.24, 2.45) is 0 Å². The fourth-order valence-electron chi connectivity index (χ4n) is 2.55. The number of carbonyl (C=O) groups excluding carboxylic acids is 2. The van der Waals surface area contributed by atoms with Gasteiger partial charge in [-0.3, -0.25) is 14.6 Å². The number of nitrogens with zero attached hydrogens (tertiary/aromatic N) is 2. The molecule has 2 heterocycles. The van der Waals surface area contributed by atoms with E-state index in [9.17, 15) is 9.59 Å². The molecule has 0 bridgehead atoms. The molecule has 1 N–H and O–H groups in total. The lowest BCUT2D eigenvalue weighted by atomic mass is 10.2. The maximum absolute atomic E-state index is 12.4. The summed E-state index contributed by atoms with van der Waals surface area (Å²) in [5.74, 6) is -0.426. The zero-order chi connectivity index (χ0) is 16.2. The highest BCUT2D eigenvalue weighted by Gasteiger charge is 2.20. The van der Waals surface area contributed by atoms with E-state index in [2.05, 4.69) is 10.3 Å². The van der Waals surface area contributed by atoms with Gasteiger partial charge in [0.05, 0.1) is 0 Å². The summed E-state index contributed by atoms with van der Waals surface area (Å²) >= 11 is 5.90. The van der Waals surface area contributed by atoms with Crippen LogP contribution in [0.25, 0.3) is 0 Å². The predicted octanol–water partition coefficient (Wildman–Crippen LogP) is 3.22. The van der Waals surface area contributed by atoms with Crippen molar-refractivity contribution in [2.75, 3.05) is 18.4 Å². The van der Waals surface area contributed by atoms with E-state index < -0.39 is 0 Å². The van der Waals surface area contributed by atoms with Gasteiger partial charge in [0.1, 0.15) is 5.69 Å². The van der Waals surface area contributed by atoms with Gasteiger partial charge < -0.3 is 10.2 Å². The van der Waals surface area contributed by atoms with Gasteiger partial charge in [-0.05, 0) is 43.2 Å². The van der Waals surface area contributed by atoms with E-state index in [1.807, 2.05) is 0 Å². The molecule has 0 atom stereocenters. The molecule has 1 aliphatic heterocycles. The Kier molecular flexibility index (Phi) is 4.57. The molecule has 0 spiro atoms. The van der Waals surface area contributed by atoms with E-state index in [0.29, 0.717) is 16.3 Å². The van der Waals surface area contributed by atoms with Crippen LogP contribution in [0.15, 0.2) is 42.6 Å². The zero-order valence-electron chi connectivity index (χ0n) is 12.5. The molecular weight excluding hydrogens is 314 g/mol. The summed E-state index contributed by atoms with van der Waals surface area (Å²) < 4.78 is 0. The predicted molar refractivity (Wildman–Crippen MR) is 88.8 cm³/mol. The van der Waals surface area contributed by atoms with Gasteiger partial charge in [0, 0.05) is 35.6 Å². The molecule has 2 aromatic rings. The van der Waals surface area contributed by atoms with Crippen LogP contribution in [0.5, 0.6) is 0 Å². The number of amides is 2. The molecule has 1 saturated heterocycles. The van der Waals surface area contributed by atoms with Crippen LogP contribution in [0.3, 0.4) is 0 Å². The lowest BCUT2D eigenvalue weighted by Crippen LogP contribution is -2.28. The van der Waals surface area contributed by atoms with Gasteiger partial charge in [0.15, 0.2) is 0 Å². The molecule has 0 unspecified atom stereocenters. The van der Waals surface area contributed by atoms with Gasteiger partial charge >= 0.3 is 0 Å². The third kappa shape index (κ3) is 3.68. The number of hydrogen-bond acceptors (Lipinski definition) is 3. The van der Waals surface area contributed by atoms with E-state index in [1.165, 1.54) is 12.3 Å². The molecule has 1 fully saturated rings. The highest BCUT2D eigenvalue weighted by atomic mass is 35.5. The number of rotatable bonds is 3. The van der Waals surface area contributed by atoms with Gasteiger partial charge in [-0.25, -0.2) is 0 Å². The smallest absolute Gasteiger partial charge is 0.274 e. The third-order valence-electron chi connectivity index (χ3n) is 3.72. The van der Waals surface area contributed by atoms with Gasteiger partial charge in [-0.15, -0.1) is 0 Å². The summed E-state index contributed by atoms with van der Waals surface area (Å²) in [5, 5.41) is 3.26. The zero-order valence-corrected chi connectivity index (χ0v) is 13.2. The standard InChI is InChI=1S/C17H16ClN3O2/c18-13-4-3-5-14(11-13)20-16(22)15-10-12(6-7-19-15)17(23)21-8-1-2-9-21/h3-7,10-11H,1-2,8-9H2,(H,20,22). The van der Waals surface area contributed by atoms with Crippen molar-refractivity contribution < 1.29 is 9.59 Å². The summed E-state index contributed by atoms with van der Waals surface area (Å²) in [6, 6.07) is 10.0.